The Morgan fingerprint density at radius 2 is 1.44 bits per heavy atom. The highest BCUT2D eigenvalue weighted by Crippen LogP contribution is 2.22. The van der Waals surface area contributed by atoms with E-state index in [4.69, 9.17) is 0 Å². The average Bonchev–Trinajstić information content (AvgIpc) is 2.87. The SMILES string of the molecule is CC(C)N(CCCN1C(=O)c2ccccc2C1=O)Cc1ccccc1. The molecule has 0 aromatic heterocycles. The minimum Gasteiger partial charge on any atom is -0.297 e. The molecule has 25 heavy (non-hydrogen) atoms. The molecule has 1 aliphatic rings. The Bertz CT molecular complexity index is 721. The molecule has 2 aromatic rings. The molecule has 0 aliphatic carbocycles. The number of hydrogen-bond acceptors (Lipinski definition) is 3. The Morgan fingerprint density at radius 3 is 2.00 bits per heavy atom. The molecule has 2 aromatic carbocycles. The summed E-state index contributed by atoms with van der Waals surface area (Å²) in [4.78, 5) is 28.5. The molecule has 0 unspecified atom stereocenters. The van der Waals surface area contributed by atoms with Crippen molar-refractivity contribution in [3.63, 3.8) is 0 Å². The lowest BCUT2D eigenvalue weighted by molar-refractivity contribution is 0.0644. The van der Waals surface area contributed by atoms with Gasteiger partial charge in [0.25, 0.3) is 11.8 Å². The molecule has 0 saturated carbocycles. The summed E-state index contributed by atoms with van der Waals surface area (Å²) in [5.74, 6) is -0.334. The number of imide groups is 1. The minimum absolute atomic E-state index is 0.167. The average molecular weight is 336 g/mol. The lowest BCUT2D eigenvalue weighted by Crippen LogP contribution is -2.36. The van der Waals surface area contributed by atoms with Gasteiger partial charge in [0.15, 0.2) is 0 Å². The van der Waals surface area contributed by atoms with E-state index in [9.17, 15) is 9.59 Å². The van der Waals surface area contributed by atoms with E-state index >= 15 is 0 Å². The van der Waals surface area contributed by atoms with Gasteiger partial charge < -0.3 is 0 Å². The van der Waals surface area contributed by atoms with Crippen molar-refractivity contribution in [2.45, 2.75) is 32.9 Å². The Labute approximate surface area is 149 Å². The van der Waals surface area contributed by atoms with Crippen molar-refractivity contribution in [1.82, 2.24) is 9.80 Å². The number of fused-ring (bicyclic) bond motifs is 1. The molecule has 0 fully saturated rings. The van der Waals surface area contributed by atoms with Crippen molar-refractivity contribution in [1.29, 1.82) is 0 Å². The number of benzene rings is 2. The van der Waals surface area contributed by atoms with E-state index < -0.39 is 0 Å². The Morgan fingerprint density at radius 1 is 0.880 bits per heavy atom. The van der Waals surface area contributed by atoms with Crippen molar-refractivity contribution >= 4 is 11.8 Å². The van der Waals surface area contributed by atoms with E-state index in [0.29, 0.717) is 23.7 Å². The van der Waals surface area contributed by atoms with Crippen LogP contribution in [0.25, 0.3) is 0 Å². The van der Waals surface area contributed by atoms with Crippen molar-refractivity contribution in [3.05, 3.63) is 71.3 Å². The molecule has 1 heterocycles. The van der Waals surface area contributed by atoms with E-state index in [1.54, 1.807) is 24.3 Å². The maximum Gasteiger partial charge on any atom is 0.261 e. The molecular formula is C21H24N2O2. The van der Waals surface area contributed by atoms with Gasteiger partial charge in [-0.25, -0.2) is 0 Å². The lowest BCUT2D eigenvalue weighted by atomic mass is 10.1. The van der Waals surface area contributed by atoms with Gasteiger partial charge in [-0.1, -0.05) is 42.5 Å². The topological polar surface area (TPSA) is 40.6 Å². The summed E-state index contributed by atoms with van der Waals surface area (Å²) in [6, 6.07) is 17.8. The van der Waals surface area contributed by atoms with Crippen molar-refractivity contribution in [3.8, 4) is 0 Å². The van der Waals surface area contributed by atoms with Crippen LogP contribution in [0.3, 0.4) is 0 Å². The highest BCUT2D eigenvalue weighted by molar-refractivity contribution is 6.21. The largest absolute Gasteiger partial charge is 0.297 e. The van der Waals surface area contributed by atoms with Gasteiger partial charge in [0.2, 0.25) is 0 Å². The third-order valence-electron chi connectivity index (χ3n) is 4.66. The molecule has 0 saturated heterocycles. The fourth-order valence-electron chi connectivity index (χ4n) is 3.21. The summed E-state index contributed by atoms with van der Waals surface area (Å²) in [5, 5.41) is 0. The predicted octanol–water partition coefficient (Wildman–Crippen LogP) is 3.58. The molecule has 4 nitrogen and oxygen atoms in total. The van der Waals surface area contributed by atoms with Crippen LogP contribution >= 0.6 is 0 Å². The second-order valence-electron chi connectivity index (χ2n) is 6.71. The first-order chi connectivity index (χ1) is 12.1. The summed E-state index contributed by atoms with van der Waals surface area (Å²) >= 11 is 0. The van der Waals surface area contributed by atoms with E-state index in [-0.39, 0.29) is 11.8 Å². The van der Waals surface area contributed by atoms with Gasteiger partial charge in [-0.05, 0) is 38.0 Å². The number of hydrogen-bond donors (Lipinski definition) is 0. The maximum absolute atomic E-state index is 12.4. The third kappa shape index (κ3) is 3.80. The molecule has 0 spiro atoms. The molecule has 0 N–H and O–H groups in total. The standard InChI is InChI=1S/C21H24N2O2/c1-16(2)22(15-17-9-4-3-5-10-17)13-8-14-23-20(24)18-11-6-7-12-19(18)21(23)25/h3-7,9-12,16H,8,13-15H2,1-2H3. The van der Waals surface area contributed by atoms with Gasteiger partial charge in [-0.2, -0.15) is 0 Å². The van der Waals surface area contributed by atoms with Gasteiger partial charge in [0.1, 0.15) is 0 Å². The highest BCUT2D eigenvalue weighted by Gasteiger charge is 2.34. The molecule has 130 valence electrons. The Kier molecular flexibility index (Phi) is 5.29. The first-order valence-electron chi connectivity index (χ1n) is 8.81. The zero-order valence-electron chi connectivity index (χ0n) is 14.8. The second kappa shape index (κ2) is 7.62. The lowest BCUT2D eigenvalue weighted by Gasteiger charge is -2.27. The van der Waals surface area contributed by atoms with Crippen molar-refractivity contribution < 1.29 is 9.59 Å². The normalized spacial score (nSPS) is 13.8. The fourth-order valence-corrected chi connectivity index (χ4v) is 3.21. The number of rotatable bonds is 7. The molecule has 1 aliphatic heterocycles. The van der Waals surface area contributed by atoms with E-state index in [1.165, 1.54) is 10.5 Å². The van der Waals surface area contributed by atoms with Crippen LogP contribution in [0.4, 0.5) is 0 Å². The summed E-state index contributed by atoms with van der Waals surface area (Å²) in [6.45, 7) is 6.53. The van der Waals surface area contributed by atoms with Gasteiger partial charge in [-0.3, -0.25) is 19.4 Å². The monoisotopic (exact) mass is 336 g/mol. The van der Waals surface area contributed by atoms with Gasteiger partial charge in [0.05, 0.1) is 11.1 Å². The van der Waals surface area contributed by atoms with Gasteiger partial charge in [0, 0.05) is 25.7 Å². The third-order valence-corrected chi connectivity index (χ3v) is 4.66. The van der Waals surface area contributed by atoms with Crippen LogP contribution in [0, 0.1) is 0 Å². The molecule has 0 bridgehead atoms. The smallest absolute Gasteiger partial charge is 0.261 e. The first kappa shape index (κ1) is 17.4. The molecule has 4 heteroatoms. The van der Waals surface area contributed by atoms with Crippen molar-refractivity contribution in [2.75, 3.05) is 13.1 Å². The van der Waals surface area contributed by atoms with Crippen LogP contribution in [0.15, 0.2) is 54.6 Å². The molecule has 2 amide bonds. The second-order valence-corrected chi connectivity index (χ2v) is 6.71. The van der Waals surface area contributed by atoms with Gasteiger partial charge in [-0.15, -0.1) is 0 Å². The number of carbonyl (C=O) groups excluding carboxylic acids is 2. The van der Waals surface area contributed by atoms with Crippen LogP contribution in [0.1, 0.15) is 46.5 Å². The summed E-state index contributed by atoms with van der Waals surface area (Å²) in [5.41, 5.74) is 2.33. The number of carbonyl (C=O) groups is 2. The number of nitrogens with zero attached hydrogens (tertiary/aromatic N) is 2. The van der Waals surface area contributed by atoms with Crippen LogP contribution < -0.4 is 0 Å². The quantitative estimate of drug-likeness (QED) is 0.726. The summed E-state index contributed by atoms with van der Waals surface area (Å²) < 4.78 is 0. The molecule has 0 atom stereocenters. The van der Waals surface area contributed by atoms with Crippen LogP contribution in [-0.4, -0.2) is 40.7 Å². The highest BCUT2D eigenvalue weighted by atomic mass is 16.2. The number of amides is 2. The molecule has 0 radical (unpaired) electrons. The zero-order chi connectivity index (χ0) is 17.8. The molecule has 3 rings (SSSR count). The Balaban J connectivity index is 1.58. The minimum atomic E-state index is -0.167. The summed E-state index contributed by atoms with van der Waals surface area (Å²) in [7, 11) is 0. The molecular weight excluding hydrogens is 312 g/mol. The Hall–Kier alpha value is -2.46. The van der Waals surface area contributed by atoms with Crippen LogP contribution in [0.5, 0.6) is 0 Å². The van der Waals surface area contributed by atoms with E-state index in [0.717, 1.165) is 19.5 Å². The van der Waals surface area contributed by atoms with Gasteiger partial charge >= 0.3 is 0 Å². The van der Waals surface area contributed by atoms with Crippen LogP contribution in [-0.2, 0) is 6.54 Å². The predicted molar refractivity (Wildman–Crippen MR) is 98.4 cm³/mol. The van der Waals surface area contributed by atoms with Crippen LogP contribution in [0.2, 0.25) is 0 Å². The first-order valence-corrected chi connectivity index (χ1v) is 8.81. The fraction of sp³-hybridized carbons (Fsp3) is 0.333. The van der Waals surface area contributed by atoms with E-state index in [2.05, 4.69) is 30.9 Å². The van der Waals surface area contributed by atoms with Crippen molar-refractivity contribution in [2.24, 2.45) is 0 Å². The zero-order valence-corrected chi connectivity index (χ0v) is 14.8. The van der Waals surface area contributed by atoms with E-state index in [1.807, 2.05) is 18.2 Å². The maximum atomic E-state index is 12.4. The summed E-state index contributed by atoms with van der Waals surface area (Å²) in [6.07, 6.45) is 0.774.